The van der Waals surface area contributed by atoms with Crippen LogP contribution in [0, 0.1) is 0 Å². The van der Waals surface area contributed by atoms with E-state index < -0.39 is 0 Å². The van der Waals surface area contributed by atoms with Crippen LogP contribution < -0.4 is 10.2 Å². The minimum Gasteiger partial charge on any atom is -0.370 e. The predicted molar refractivity (Wildman–Crippen MR) is 84.8 cm³/mol. The summed E-state index contributed by atoms with van der Waals surface area (Å²) < 4.78 is 5.37. The highest BCUT2D eigenvalue weighted by molar-refractivity contribution is 7.99. The summed E-state index contributed by atoms with van der Waals surface area (Å²) in [4.78, 5) is 3.01. The van der Waals surface area contributed by atoms with E-state index in [1.165, 1.54) is 49.8 Å². The van der Waals surface area contributed by atoms with Crippen LogP contribution in [0.5, 0.6) is 0 Å². The van der Waals surface area contributed by atoms with Crippen LogP contribution >= 0.6 is 23.4 Å². The maximum absolute atomic E-state index is 5.87. The summed E-state index contributed by atoms with van der Waals surface area (Å²) in [6, 6.07) is 8.11. The smallest absolute Gasteiger partial charge is 0.127 e. The van der Waals surface area contributed by atoms with Crippen LogP contribution in [0.15, 0.2) is 29.2 Å². The molecule has 0 aromatic heterocycles. The molecular formula is C15H25ClN2OS+2. The van der Waals surface area contributed by atoms with Crippen molar-refractivity contribution in [1.82, 2.24) is 0 Å². The second-order valence-electron chi connectivity index (χ2n) is 5.13. The maximum atomic E-state index is 5.87. The molecule has 3 nitrogen and oxygen atoms in total. The Bertz CT molecular complexity index is 369. The number of thioether (sulfide) groups is 1. The zero-order valence-corrected chi connectivity index (χ0v) is 13.5. The first kappa shape index (κ1) is 16.1. The van der Waals surface area contributed by atoms with E-state index in [4.69, 9.17) is 16.3 Å². The molecule has 1 saturated heterocycles. The van der Waals surface area contributed by atoms with Crippen LogP contribution in [0.4, 0.5) is 0 Å². The molecule has 1 aliphatic heterocycles. The monoisotopic (exact) mass is 316 g/mol. The molecule has 0 unspecified atom stereocenters. The van der Waals surface area contributed by atoms with Crippen molar-refractivity contribution >= 4 is 23.4 Å². The number of nitrogens with two attached hydrogens (primary N) is 1. The van der Waals surface area contributed by atoms with E-state index in [1.54, 1.807) is 4.90 Å². The van der Waals surface area contributed by atoms with Gasteiger partial charge in [0.25, 0.3) is 0 Å². The van der Waals surface area contributed by atoms with E-state index >= 15 is 0 Å². The van der Waals surface area contributed by atoms with Gasteiger partial charge in [-0.1, -0.05) is 11.6 Å². The lowest BCUT2D eigenvalue weighted by molar-refractivity contribution is -0.919. The largest absolute Gasteiger partial charge is 0.370 e. The van der Waals surface area contributed by atoms with Crippen molar-refractivity contribution in [2.45, 2.75) is 11.3 Å². The summed E-state index contributed by atoms with van der Waals surface area (Å²) in [5.74, 6) is 1.18. The molecular weight excluding hydrogens is 292 g/mol. The summed E-state index contributed by atoms with van der Waals surface area (Å²) in [5.41, 5.74) is 0. The lowest BCUT2D eigenvalue weighted by Gasteiger charge is -2.22. The van der Waals surface area contributed by atoms with Crippen molar-refractivity contribution in [3.8, 4) is 0 Å². The third-order valence-corrected chi connectivity index (χ3v) is 4.89. The van der Waals surface area contributed by atoms with E-state index in [-0.39, 0.29) is 0 Å². The molecule has 5 heteroatoms. The van der Waals surface area contributed by atoms with Crippen LogP contribution in [0.2, 0.25) is 5.02 Å². The van der Waals surface area contributed by atoms with Gasteiger partial charge < -0.3 is 15.0 Å². The number of nitrogens with one attached hydrogen (secondary N) is 1. The number of hydrogen-bond acceptors (Lipinski definition) is 2. The van der Waals surface area contributed by atoms with Gasteiger partial charge in [-0.3, -0.25) is 0 Å². The second-order valence-corrected chi connectivity index (χ2v) is 6.74. The van der Waals surface area contributed by atoms with Crippen LogP contribution in [0.25, 0.3) is 0 Å². The normalized spacial score (nSPS) is 16.4. The SMILES string of the molecule is Clc1ccc(SCCC[NH2+]CC[NH+]2CCOCC2)cc1. The van der Waals surface area contributed by atoms with E-state index in [0.29, 0.717) is 0 Å². The molecule has 1 fully saturated rings. The van der Waals surface area contributed by atoms with Gasteiger partial charge in [-0.05, 0) is 24.3 Å². The quantitative estimate of drug-likeness (QED) is 0.534. The molecule has 0 spiro atoms. The van der Waals surface area contributed by atoms with Crippen LogP contribution in [0.1, 0.15) is 6.42 Å². The van der Waals surface area contributed by atoms with Gasteiger partial charge in [0.05, 0.1) is 19.8 Å². The third-order valence-electron chi connectivity index (χ3n) is 3.54. The summed E-state index contributed by atoms with van der Waals surface area (Å²) in [7, 11) is 0. The van der Waals surface area contributed by atoms with Crippen molar-refractivity contribution in [3.05, 3.63) is 29.3 Å². The number of morpholine rings is 1. The van der Waals surface area contributed by atoms with Gasteiger partial charge >= 0.3 is 0 Å². The van der Waals surface area contributed by atoms with Crippen LogP contribution in [-0.2, 0) is 4.74 Å². The Kier molecular flexibility index (Phi) is 7.76. The number of quaternary nitrogens is 2. The third kappa shape index (κ3) is 6.46. The van der Waals surface area contributed by atoms with Gasteiger partial charge in [0.15, 0.2) is 0 Å². The lowest BCUT2D eigenvalue weighted by atomic mass is 10.4. The molecule has 1 heterocycles. The van der Waals surface area contributed by atoms with Gasteiger partial charge in [-0.2, -0.15) is 0 Å². The average Bonchev–Trinajstić information content (AvgIpc) is 2.49. The fourth-order valence-electron chi connectivity index (χ4n) is 2.31. The highest BCUT2D eigenvalue weighted by atomic mass is 35.5. The van der Waals surface area contributed by atoms with Crippen molar-refractivity contribution in [1.29, 1.82) is 0 Å². The van der Waals surface area contributed by atoms with E-state index in [0.717, 1.165) is 18.2 Å². The van der Waals surface area contributed by atoms with E-state index in [1.807, 2.05) is 23.9 Å². The molecule has 1 aromatic carbocycles. The van der Waals surface area contributed by atoms with E-state index in [9.17, 15) is 0 Å². The fraction of sp³-hybridized carbons (Fsp3) is 0.600. The van der Waals surface area contributed by atoms with Crippen molar-refractivity contribution in [2.75, 3.05) is 51.7 Å². The van der Waals surface area contributed by atoms with Crippen molar-refractivity contribution in [2.24, 2.45) is 0 Å². The summed E-state index contributed by atoms with van der Waals surface area (Å²) in [6.45, 7) is 7.97. The summed E-state index contributed by atoms with van der Waals surface area (Å²) in [6.07, 6.45) is 1.26. The lowest BCUT2D eigenvalue weighted by Crippen LogP contribution is -3.16. The summed E-state index contributed by atoms with van der Waals surface area (Å²) in [5, 5.41) is 3.26. The fourth-order valence-corrected chi connectivity index (χ4v) is 3.31. The summed E-state index contributed by atoms with van der Waals surface area (Å²) >= 11 is 7.78. The molecule has 0 atom stereocenters. The van der Waals surface area contributed by atoms with Gasteiger partial charge in [0, 0.05) is 22.1 Å². The van der Waals surface area contributed by atoms with E-state index in [2.05, 4.69) is 17.4 Å². The Balaban J connectivity index is 1.44. The maximum Gasteiger partial charge on any atom is 0.127 e. The molecule has 0 aliphatic carbocycles. The molecule has 0 radical (unpaired) electrons. The first-order valence-electron chi connectivity index (χ1n) is 7.46. The molecule has 3 N–H and O–H groups in total. The van der Waals surface area contributed by atoms with Gasteiger partial charge in [0.2, 0.25) is 0 Å². The molecule has 0 amide bonds. The minimum atomic E-state index is 0.813. The number of benzene rings is 1. The highest BCUT2D eigenvalue weighted by Crippen LogP contribution is 2.20. The number of hydrogen-bond donors (Lipinski definition) is 2. The standard InChI is InChI=1S/C15H23ClN2OS/c16-14-2-4-15(5-3-14)20-13-1-6-17-7-8-18-9-11-19-12-10-18/h2-5,17H,1,6-13H2/p+2. The Morgan fingerprint density at radius 1 is 1.15 bits per heavy atom. The molecule has 1 aromatic rings. The number of ether oxygens (including phenoxy) is 1. The first-order valence-corrected chi connectivity index (χ1v) is 8.82. The Morgan fingerprint density at radius 2 is 1.90 bits per heavy atom. The molecule has 112 valence electrons. The van der Waals surface area contributed by atoms with Gasteiger partial charge in [0.1, 0.15) is 26.2 Å². The number of rotatable bonds is 8. The minimum absolute atomic E-state index is 0.813. The predicted octanol–water partition coefficient (Wildman–Crippen LogP) is 0.301. The van der Waals surface area contributed by atoms with Crippen LogP contribution in [-0.4, -0.2) is 51.7 Å². The molecule has 20 heavy (non-hydrogen) atoms. The molecule has 2 rings (SSSR count). The Labute approximate surface area is 131 Å². The Morgan fingerprint density at radius 3 is 2.65 bits per heavy atom. The molecule has 1 aliphatic rings. The average molecular weight is 317 g/mol. The van der Waals surface area contributed by atoms with Gasteiger partial charge in [-0.15, -0.1) is 11.8 Å². The van der Waals surface area contributed by atoms with Crippen molar-refractivity contribution < 1.29 is 15.0 Å². The Hall–Kier alpha value is -0.260. The number of halogens is 1. The second kappa shape index (κ2) is 9.64. The van der Waals surface area contributed by atoms with Crippen molar-refractivity contribution in [3.63, 3.8) is 0 Å². The van der Waals surface area contributed by atoms with Gasteiger partial charge in [-0.25, -0.2) is 0 Å². The first-order chi connectivity index (χ1) is 9.84. The zero-order chi connectivity index (χ0) is 14.0. The topological polar surface area (TPSA) is 30.3 Å². The highest BCUT2D eigenvalue weighted by Gasteiger charge is 2.13. The van der Waals surface area contributed by atoms with Crippen LogP contribution in [0.3, 0.4) is 0 Å². The zero-order valence-electron chi connectivity index (χ0n) is 11.9. The molecule has 0 saturated carbocycles. The molecule has 0 bridgehead atoms.